The first kappa shape index (κ1) is 23.8. The van der Waals surface area contributed by atoms with Crippen molar-refractivity contribution in [1.29, 1.82) is 0 Å². The quantitative estimate of drug-likeness (QED) is 0.532. The van der Waals surface area contributed by atoms with Crippen molar-refractivity contribution >= 4 is 11.8 Å². The van der Waals surface area contributed by atoms with E-state index in [-0.39, 0.29) is 17.6 Å². The SMILES string of the molecule is CCNC(=NCc1ccc(N2CCOC(C)C2)nc1)NCC1CCCOC1C(C)(C)C. The van der Waals surface area contributed by atoms with Gasteiger partial charge in [0.15, 0.2) is 5.96 Å². The van der Waals surface area contributed by atoms with E-state index >= 15 is 0 Å². The van der Waals surface area contributed by atoms with Crippen LogP contribution in [0.5, 0.6) is 0 Å². The number of ether oxygens (including phenoxy) is 2. The van der Waals surface area contributed by atoms with E-state index in [4.69, 9.17) is 14.5 Å². The molecule has 0 aliphatic carbocycles. The Morgan fingerprint density at radius 2 is 2.06 bits per heavy atom. The van der Waals surface area contributed by atoms with Crippen molar-refractivity contribution in [2.24, 2.45) is 16.3 Å². The van der Waals surface area contributed by atoms with Crippen molar-refractivity contribution < 1.29 is 9.47 Å². The number of hydrogen-bond donors (Lipinski definition) is 2. The zero-order valence-corrected chi connectivity index (χ0v) is 20.0. The Balaban J connectivity index is 1.56. The first-order valence-corrected chi connectivity index (χ1v) is 11.8. The second-order valence-corrected chi connectivity index (χ2v) is 9.79. The summed E-state index contributed by atoms with van der Waals surface area (Å²) in [6.07, 6.45) is 4.79. The molecule has 0 amide bonds. The van der Waals surface area contributed by atoms with Gasteiger partial charge in [0, 0.05) is 44.9 Å². The standard InChI is InChI=1S/C24H41N5O2/c1-6-25-23(28-16-20-8-7-12-31-22(20)24(3,4)5)27-15-19-9-10-21(26-14-19)29-11-13-30-18(2)17-29/h9-10,14,18,20,22H,6-8,11-13,15-17H2,1-5H3,(H2,25,27,28). The molecule has 0 bridgehead atoms. The fourth-order valence-electron chi connectivity index (χ4n) is 4.47. The Bertz CT molecular complexity index is 701. The monoisotopic (exact) mass is 431 g/mol. The molecule has 31 heavy (non-hydrogen) atoms. The molecule has 2 aliphatic rings. The van der Waals surface area contributed by atoms with Crippen LogP contribution in [0.4, 0.5) is 5.82 Å². The fourth-order valence-corrected chi connectivity index (χ4v) is 4.47. The minimum absolute atomic E-state index is 0.147. The molecule has 2 N–H and O–H groups in total. The number of aliphatic imine (C=N–C) groups is 1. The summed E-state index contributed by atoms with van der Waals surface area (Å²) in [5.41, 5.74) is 1.25. The Hall–Kier alpha value is -1.86. The highest BCUT2D eigenvalue weighted by Crippen LogP contribution is 2.33. The molecule has 3 unspecified atom stereocenters. The van der Waals surface area contributed by atoms with Crippen molar-refractivity contribution in [2.75, 3.05) is 44.3 Å². The normalized spacial score (nSPS) is 25.4. The number of aromatic nitrogens is 1. The summed E-state index contributed by atoms with van der Waals surface area (Å²) in [7, 11) is 0. The second kappa shape index (κ2) is 11.1. The third kappa shape index (κ3) is 7.07. The number of anilines is 1. The maximum Gasteiger partial charge on any atom is 0.191 e. The summed E-state index contributed by atoms with van der Waals surface area (Å²) in [5.74, 6) is 2.36. The number of nitrogens with zero attached hydrogens (tertiary/aromatic N) is 3. The zero-order valence-electron chi connectivity index (χ0n) is 20.0. The van der Waals surface area contributed by atoms with Gasteiger partial charge in [-0.3, -0.25) is 0 Å². The van der Waals surface area contributed by atoms with E-state index in [2.05, 4.69) is 67.3 Å². The molecule has 2 aliphatic heterocycles. The van der Waals surface area contributed by atoms with Crippen LogP contribution in [0.1, 0.15) is 53.0 Å². The van der Waals surface area contributed by atoms with Gasteiger partial charge in [0.2, 0.25) is 0 Å². The lowest BCUT2D eigenvalue weighted by molar-refractivity contribution is -0.0835. The van der Waals surface area contributed by atoms with Gasteiger partial charge in [-0.15, -0.1) is 0 Å². The molecule has 3 atom stereocenters. The Morgan fingerprint density at radius 1 is 1.23 bits per heavy atom. The Kier molecular flexibility index (Phi) is 8.55. The van der Waals surface area contributed by atoms with Crippen molar-refractivity contribution in [3.05, 3.63) is 23.9 Å². The molecule has 0 aromatic carbocycles. The third-order valence-electron chi connectivity index (χ3n) is 5.97. The summed E-state index contributed by atoms with van der Waals surface area (Å²) in [4.78, 5) is 11.7. The zero-order chi connectivity index (χ0) is 22.3. The number of rotatable bonds is 6. The van der Waals surface area contributed by atoms with Gasteiger partial charge < -0.3 is 25.0 Å². The van der Waals surface area contributed by atoms with E-state index in [1.165, 1.54) is 6.42 Å². The average Bonchev–Trinajstić information content (AvgIpc) is 2.75. The van der Waals surface area contributed by atoms with Crippen LogP contribution in [0.15, 0.2) is 23.3 Å². The topological polar surface area (TPSA) is 71.0 Å². The molecule has 174 valence electrons. The lowest BCUT2D eigenvalue weighted by atomic mass is 9.78. The van der Waals surface area contributed by atoms with E-state index < -0.39 is 0 Å². The number of morpholine rings is 1. The smallest absolute Gasteiger partial charge is 0.191 e. The van der Waals surface area contributed by atoms with Crippen LogP contribution in [0.25, 0.3) is 0 Å². The third-order valence-corrected chi connectivity index (χ3v) is 5.97. The molecule has 1 aromatic heterocycles. The van der Waals surface area contributed by atoms with E-state index in [1.807, 2.05) is 6.20 Å². The molecule has 1 aromatic rings. The first-order valence-electron chi connectivity index (χ1n) is 11.8. The van der Waals surface area contributed by atoms with E-state index in [0.717, 1.165) is 63.2 Å². The van der Waals surface area contributed by atoms with Gasteiger partial charge in [-0.1, -0.05) is 26.8 Å². The maximum absolute atomic E-state index is 6.12. The Morgan fingerprint density at radius 3 is 2.74 bits per heavy atom. The molecule has 0 spiro atoms. The molecular weight excluding hydrogens is 390 g/mol. The van der Waals surface area contributed by atoms with Gasteiger partial charge in [0.05, 0.1) is 25.4 Å². The van der Waals surface area contributed by atoms with Gasteiger partial charge in [0.25, 0.3) is 0 Å². The predicted octanol–water partition coefficient (Wildman–Crippen LogP) is 3.20. The number of nitrogens with one attached hydrogen (secondary N) is 2. The lowest BCUT2D eigenvalue weighted by Gasteiger charge is -2.40. The summed E-state index contributed by atoms with van der Waals surface area (Å²) in [6.45, 7) is 16.7. The highest BCUT2D eigenvalue weighted by atomic mass is 16.5. The van der Waals surface area contributed by atoms with Crippen LogP contribution in [-0.4, -0.2) is 62.5 Å². The molecule has 0 saturated carbocycles. The van der Waals surface area contributed by atoms with Crippen LogP contribution in [-0.2, 0) is 16.0 Å². The number of guanidine groups is 1. The van der Waals surface area contributed by atoms with Crippen LogP contribution in [0.3, 0.4) is 0 Å². The summed E-state index contributed by atoms with van der Waals surface area (Å²) < 4.78 is 11.7. The second-order valence-electron chi connectivity index (χ2n) is 9.79. The van der Waals surface area contributed by atoms with Gasteiger partial charge >= 0.3 is 0 Å². The minimum atomic E-state index is 0.147. The van der Waals surface area contributed by atoms with Crippen LogP contribution < -0.4 is 15.5 Å². The Labute approximate surface area is 188 Å². The summed E-state index contributed by atoms with van der Waals surface area (Å²) >= 11 is 0. The van der Waals surface area contributed by atoms with E-state index in [1.54, 1.807) is 0 Å². The van der Waals surface area contributed by atoms with Gasteiger partial charge in [0.1, 0.15) is 5.82 Å². The maximum atomic E-state index is 6.12. The lowest BCUT2D eigenvalue weighted by Crippen LogP contribution is -2.47. The van der Waals surface area contributed by atoms with Gasteiger partial charge in [-0.2, -0.15) is 0 Å². The van der Waals surface area contributed by atoms with Crippen LogP contribution in [0, 0.1) is 11.3 Å². The average molecular weight is 432 g/mol. The van der Waals surface area contributed by atoms with Crippen molar-refractivity contribution in [1.82, 2.24) is 15.6 Å². The molecule has 3 heterocycles. The van der Waals surface area contributed by atoms with Crippen molar-refractivity contribution in [3.63, 3.8) is 0 Å². The van der Waals surface area contributed by atoms with Crippen LogP contribution >= 0.6 is 0 Å². The predicted molar refractivity (Wildman–Crippen MR) is 127 cm³/mol. The first-order chi connectivity index (χ1) is 14.9. The van der Waals surface area contributed by atoms with E-state index in [0.29, 0.717) is 12.5 Å². The highest BCUT2D eigenvalue weighted by molar-refractivity contribution is 5.79. The molecule has 3 rings (SSSR count). The molecular formula is C24H41N5O2. The molecule has 7 nitrogen and oxygen atoms in total. The molecule has 0 radical (unpaired) electrons. The largest absolute Gasteiger partial charge is 0.377 e. The molecule has 2 fully saturated rings. The highest BCUT2D eigenvalue weighted by Gasteiger charge is 2.35. The van der Waals surface area contributed by atoms with Gasteiger partial charge in [-0.05, 0) is 43.7 Å². The fraction of sp³-hybridized carbons (Fsp3) is 0.750. The van der Waals surface area contributed by atoms with Crippen molar-refractivity contribution in [2.45, 2.75) is 66.2 Å². The van der Waals surface area contributed by atoms with Gasteiger partial charge in [-0.25, -0.2) is 9.98 Å². The van der Waals surface area contributed by atoms with Crippen LogP contribution in [0.2, 0.25) is 0 Å². The minimum Gasteiger partial charge on any atom is -0.377 e. The molecule has 7 heteroatoms. The number of hydrogen-bond acceptors (Lipinski definition) is 5. The summed E-state index contributed by atoms with van der Waals surface area (Å²) in [5, 5.41) is 6.92. The number of pyridine rings is 1. The van der Waals surface area contributed by atoms with Crippen molar-refractivity contribution in [3.8, 4) is 0 Å². The molecule has 2 saturated heterocycles. The van der Waals surface area contributed by atoms with E-state index in [9.17, 15) is 0 Å². The summed E-state index contributed by atoms with van der Waals surface area (Å²) in [6, 6.07) is 4.22.